The first-order valence-electron chi connectivity index (χ1n) is 5.72. The second-order valence-electron chi connectivity index (χ2n) is 4.04. The quantitative estimate of drug-likeness (QED) is 0.504. The van der Waals surface area contributed by atoms with Crippen molar-refractivity contribution in [2.24, 2.45) is 0 Å². The fourth-order valence-corrected chi connectivity index (χ4v) is 3.81. The highest BCUT2D eigenvalue weighted by molar-refractivity contribution is 14.1. The van der Waals surface area contributed by atoms with Gasteiger partial charge < -0.3 is 4.74 Å². The van der Waals surface area contributed by atoms with Gasteiger partial charge in [0.05, 0.1) is 7.11 Å². The van der Waals surface area contributed by atoms with Crippen molar-refractivity contribution >= 4 is 38.5 Å². The third-order valence-corrected chi connectivity index (χ3v) is 4.59. The van der Waals surface area contributed by atoms with Crippen LogP contribution < -0.4 is 4.74 Å². The van der Waals surface area contributed by atoms with E-state index in [1.165, 1.54) is 14.7 Å². The number of ether oxygens (including phenoxy) is 1. The standard InChI is InChI=1S/C15H14BrIO/c1-18-12-6-4-5-11(9-12)10-14(16)13-7-2-3-8-15(13)17/h2-9,14H,10H2,1H3. The van der Waals surface area contributed by atoms with Crippen molar-refractivity contribution in [1.82, 2.24) is 0 Å². The topological polar surface area (TPSA) is 9.23 Å². The number of benzene rings is 2. The Labute approximate surface area is 130 Å². The van der Waals surface area contributed by atoms with E-state index in [1.807, 2.05) is 12.1 Å². The van der Waals surface area contributed by atoms with E-state index in [0.717, 1.165) is 12.2 Å². The van der Waals surface area contributed by atoms with E-state index < -0.39 is 0 Å². The molecule has 0 heterocycles. The minimum absolute atomic E-state index is 0.331. The fraction of sp³-hybridized carbons (Fsp3) is 0.200. The smallest absolute Gasteiger partial charge is 0.119 e. The SMILES string of the molecule is COc1cccc(CC(Br)c2ccccc2I)c1. The van der Waals surface area contributed by atoms with Gasteiger partial charge in [-0.3, -0.25) is 0 Å². The maximum Gasteiger partial charge on any atom is 0.119 e. The molecule has 0 aromatic heterocycles. The van der Waals surface area contributed by atoms with Crippen LogP contribution in [0.1, 0.15) is 16.0 Å². The van der Waals surface area contributed by atoms with Gasteiger partial charge in [-0.15, -0.1) is 0 Å². The van der Waals surface area contributed by atoms with E-state index in [0.29, 0.717) is 4.83 Å². The molecule has 1 atom stereocenters. The Morgan fingerprint density at radius 1 is 1.17 bits per heavy atom. The van der Waals surface area contributed by atoms with Crippen LogP contribution in [0, 0.1) is 3.57 Å². The van der Waals surface area contributed by atoms with E-state index >= 15 is 0 Å². The van der Waals surface area contributed by atoms with Gasteiger partial charge in [-0.05, 0) is 58.3 Å². The molecular formula is C15H14BrIO. The van der Waals surface area contributed by atoms with Crippen molar-refractivity contribution in [3.05, 3.63) is 63.2 Å². The van der Waals surface area contributed by atoms with E-state index in [4.69, 9.17) is 4.74 Å². The summed E-state index contributed by atoms with van der Waals surface area (Å²) < 4.78 is 6.54. The fourth-order valence-electron chi connectivity index (χ4n) is 1.85. The molecular weight excluding hydrogens is 403 g/mol. The summed E-state index contributed by atoms with van der Waals surface area (Å²) in [4.78, 5) is 0.331. The van der Waals surface area contributed by atoms with Gasteiger partial charge in [-0.2, -0.15) is 0 Å². The average Bonchev–Trinajstić information content (AvgIpc) is 2.39. The molecule has 0 aliphatic carbocycles. The maximum atomic E-state index is 5.25. The van der Waals surface area contributed by atoms with Gasteiger partial charge >= 0.3 is 0 Å². The molecule has 0 saturated heterocycles. The zero-order valence-electron chi connectivity index (χ0n) is 10.1. The van der Waals surface area contributed by atoms with Gasteiger partial charge in [0, 0.05) is 8.40 Å². The Morgan fingerprint density at radius 2 is 1.94 bits per heavy atom. The lowest BCUT2D eigenvalue weighted by Gasteiger charge is -2.13. The van der Waals surface area contributed by atoms with Crippen LogP contribution in [0.2, 0.25) is 0 Å². The molecule has 0 N–H and O–H groups in total. The van der Waals surface area contributed by atoms with Crippen LogP contribution in [-0.2, 0) is 6.42 Å². The molecule has 18 heavy (non-hydrogen) atoms. The van der Waals surface area contributed by atoms with Crippen molar-refractivity contribution in [2.75, 3.05) is 7.11 Å². The molecule has 0 fully saturated rings. The highest BCUT2D eigenvalue weighted by atomic mass is 127. The second-order valence-corrected chi connectivity index (χ2v) is 6.31. The molecule has 0 aliphatic heterocycles. The third kappa shape index (κ3) is 3.48. The van der Waals surface area contributed by atoms with Crippen molar-refractivity contribution in [1.29, 1.82) is 0 Å². The molecule has 0 bridgehead atoms. The normalized spacial score (nSPS) is 12.2. The summed E-state index contributed by atoms with van der Waals surface area (Å²) in [6.45, 7) is 0. The zero-order valence-corrected chi connectivity index (χ0v) is 13.8. The van der Waals surface area contributed by atoms with Crippen molar-refractivity contribution in [3.8, 4) is 5.75 Å². The number of halogens is 2. The molecule has 1 nitrogen and oxygen atoms in total. The molecule has 0 aliphatic rings. The minimum atomic E-state index is 0.331. The minimum Gasteiger partial charge on any atom is -0.497 e. The van der Waals surface area contributed by atoms with Crippen LogP contribution in [0.5, 0.6) is 5.75 Å². The van der Waals surface area contributed by atoms with Crippen LogP contribution in [0.4, 0.5) is 0 Å². The average molecular weight is 417 g/mol. The molecule has 0 radical (unpaired) electrons. The lowest BCUT2D eigenvalue weighted by molar-refractivity contribution is 0.414. The lowest BCUT2D eigenvalue weighted by Crippen LogP contribution is -1.98. The maximum absolute atomic E-state index is 5.25. The molecule has 2 aromatic rings. The van der Waals surface area contributed by atoms with Crippen LogP contribution >= 0.6 is 38.5 Å². The van der Waals surface area contributed by atoms with Crippen LogP contribution in [-0.4, -0.2) is 7.11 Å². The first kappa shape index (κ1) is 13.9. The number of methoxy groups -OCH3 is 1. The molecule has 2 aromatic carbocycles. The highest BCUT2D eigenvalue weighted by Crippen LogP contribution is 2.31. The summed E-state index contributed by atoms with van der Waals surface area (Å²) in [5.41, 5.74) is 2.61. The number of hydrogen-bond donors (Lipinski definition) is 0. The van der Waals surface area contributed by atoms with Gasteiger partial charge in [0.25, 0.3) is 0 Å². The molecule has 0 spiro atoms. The first-order valence-corrected chi connectivity index (χ1v) is 7.71. The van der Waals surface area contributed by atoms with Crippen LogP contribution in [0.3, 0.4) is 0 Å². The summed E-state index contributed by atoms with van der Waals surface area (Å²) >= 11 is 6.15. The number of rotatable bonds is 4. The summed E-state index contributed by atoms with van der Waals surface area (Å²) in [7, 11) is 1.70. The van der Waals surface area contributed by atoms with Crippen molar-refractivity contribution in [3.63, 3.8) is 0 Å². The summed E-state index contributed by atoms with van der Waals surface area (Å²) in [6.07, 6.45) is 0.956. The molecule has 94 valence electrons. The summed E-state index contributed by atoms with van der Waals surface area (Å²) in [5.74, 6) is 0.912. The second kappa shape index (κ2) is 6.57. The molecule has 3 heteroatoms. The largest absolute Gasteiger partial charge is 0.497 e. The number of hydrogen-bond acceptors (Lipinski definition) is 1. The van der Waals surface area contributed by atoms with E-state index in [1.54, 1.807) is 7.11 Å². The number of alkyl halides is 1. The Kier molecular flexibility index (Phi) is 5.06. The van der Waals surface area contributed by atoms with E-state index in [2.05, 4.69) is 74.9 Å². The molecule has 1 unspecified atom stereocenters. The summed E-state index contributed by atoms with van der Waals surface area (Å²) in [6, 6.07) is 16.7. The van der Waals surface area contributed by atoms with Gasteiger partial charge in [0.2, 0.25) is 0 Å². The Bertz CT molecular complexity index is 527. The van der Waals surface area contributed by atoms with Crippen LogP contribution in [0.25, 0.3) is 0 Å². The Balaban J connectivity index is 2.16. The van der Waals surface area contributed by atoms with Crippen molar-refractivity contribution < 1.29 is 4.74 Å². The van der Waals surface area contributed by atoms with E-state index in [-0.39, 0.29) is 0 Å². The van der Waals surface area contributed by atoms with Crippen molar-refractivity contribution in [2.45, 2.75) is 11.2 Å². The first-order chi connectivity index (χ1) is 8.70. The van der Waals surface area contributed by atoms with Gasteiger partial charge in [0.1, 0.15) is 5.75 Å². The van der Waals surface area contributed by atoms with Crippen LogP contribution in [0.15, 0.2) is 48.5 Å². The van der Waals surface area contributed by atoms with Gasteiger partial charge in [-0.1, -0.05) is 46.3 Å². The highest BCUT2D eigenvalue weighted by Gasteiger charge is 2.11. The predicted molar refractivity (Wildman–Crippen MR) is 87.5 cm³/mol. The monoisotopic (exact) mass is 416 g/mol. The third-order valence-electron chi connectivity index (χ3n) is 2.79. The zero-order chi connectivity index (χ0) is 13.0. The van der Waals surface area contributed by atoms with Gasteiger partial charge in [-0.25, -0.2) is 0 Å². The molecule has 2 rings (SSSR count). The summed E-state index contributed by atoms with van der Waals surface area (Å²) in [5, 5.41) is 0. The van der Waals surface area contributed by atoms with E-state index in [9.17, 15) is 0 Å². The molecule has 0 saturated carbocycles. The predicted octanol–water partition coefficient (Wildman–Crippen LogP) is 4.98. The Hall–Kier alpha value is -0.550. The lowest BCUT2D eigenvalue weighted by atomic mass is 10.0. The Morgan fingerprint density at radius 3 is 2.67 bits per heavy atom. The van der Waals surface area contributed by atoms with Gasteiger partial charge in [0.15, 0.2) is 0 Å². The molecule has 0 amide bonds.